The number of hydrogen-bond acceptors (Lipinski definition) is 3. The first-order valence-corrected chi connectivity index (χ1v) is 6.34. The summed E-state index contributed by atoms with van der Waals surface area (Å²) in [5, 5.41) is 0.660. The molecule has 19 heavy (non-hydrogen) atoms. The predicted molar refractivity (Wildman–Crippen MR) is 75.2 cm³/mol. The summed E-state index contributed by atoms with van der Waals surface area (Å²) in [6.45, 7) is 1.96. The lowest BCUT2D eigenvalue weighted by atomic mass is 10.1. The fourth-order valence-electron chi connectivity index (χ4n) is 2.26. The molecule has 0 aliphatic carbocycles. The van der Waals surface area contributed by atoms with Crippen LogP contribution in [0.4, 0.5) is 0 Å². The molecule has 4 nitrogen and oxygen atoms in total. The standard InChI is InChI=1S/C14H13ClN4/c1-9-14(13(16)10-4-6-17-7-5-10)19-8-11(15)2-3-12(19)18-9/h2-8,13H,16H2,1H3. The first-order valence-electron chi connectivity index (χ1n) is 5.96. The number of rotatable bonds is 2. The van der Waals surface area contributed by atoms with Crippen molar-refractivity contribution < 1.29 is 0 Å². The number of aromatic nitrogens is 3. The van der Waals surface area contributed by atoms with Crippen LogP contribution in [0.1, 0.15) is 23.0 Å². The smallest absolute Gasteiger partial charge is 0.137 e. The van der Waals surface area contributed by atoms with Crippen LogP contribution < -0.4 is 5.73 Å². The summed E-state index contributed by atoms with van der Waals surface area (Å²) in [5.41, 5.74) is 10.1. The van der Waals surface area contributed by atoms with Gasteiger partial charge >= 0.3 is 0 Å². The average Bonchev–Trinajstić information content (AvgIpc) is 2.74. The van der Waals surface area contributed by atoms with Crippen molar-refractivity contribution in [1.29, 1.82) is 0 Å². The summed E-state index contributed by atoms with van der Waals surface area (Å²) in [6.07, 6.45) is 5.31. The molecule has 2 N–H and O–H groups in total. The molecule has 96 valence electrons. The molecular formula is C14H13ClN4. The van der Waals surface area contributed by atoms with Gasteiger partial charge in [0, 0.05) is 18.6 Å². The van der Waals surface area contributed by atoms with E-state index in [9.17, 15) is 0 Å². The Bertz CT molecular complexity index is 721. The van der Waals surface area contributed by atoms with E-state index in [1.807, 2.05) is 41.8 Å². The minimum atomic E-state index is -0.253. The Balaban J connectivity index is 2.19. The fourth-order valence-corrected chi connectivity index (χ4v) is 2.42. The number of halogens is 1. The summed E-state index contributed by atoms with van der Waals surface area (Å²) in [7, 11) is 0. The first kappa shape index (κ1) is 12.1. The van der Waals surface area contributed by atoms with Gasteiger partial charge < -0.3 is 10.1 Å². The number of nitrogens with zero attached hydrogens (tertiary/aromatic N) is 3. The summed E-state index contributed by atoms with van der Waals surface area (Å²) in [5.74, 6) is 0. The molecule has 0 saturated carbocycles. The van der Waals surface area contributed by atoms with Crippen LogP contribution in [-0.4, -0.2) is 14.4 Å². The van der Waals surface area contributed by atoms with Crippen molar-refractivity contribution in [2.24, 2.45) is 5.73 Å². The summed E-state index contributed by atoms with van der Waals surface area (Å²) in [4.78, 5) is 8.52. The van der Waals surface area contributed by atoms with Crippen molar-refractivity contribution in [1.82, 2.24) is 14.4 Å². The Labute approximate surface area is 115 Å². The highest BCUT2D eigenvalue weighted by Crippen LogP contribution is 2.24. The predicted octanol–water partition coefficient (Wildman–Crippen LogP) is 2.74. The second kappa shape index (κ2) is 4.64. The molecule has 0 fully saturated rings. The van der Waals surface area contributed by atoms with E-state index in [2.05, 4.69) is 9.97 Å². The van der Waals surface area contributed by atoms with Crippen LogP contribution in [0.3, 0.4) is 0 Å². The van der Waals surface area contributed by atoms with Gasteiger partial charge in [0.05, 0.1) is 22.5 Å². The van der Waals surface area contributed by atoms with Gasteiger partial charge in [0.1, 0.15) is 5.65 Å². The number of imidazole rings is 1. The minimum absolute atomic E-state index is 0.253. The highest BCUT2D eigenvalue weighted by molar-refractivity contribution is 6.30. The van der Waals surface area contributed by atoms with Crippen LogP contribution in [0, 0.1) is 6.92 Å². The third-order valence-electron chi connectivity index (χ3n) is 3.16. The molecule has 0 radical (unpaired) electrons. The van der Waals surface area contributed by atoms with Crippen molar-refractivity contribution in [3.05, 3.63) is 64.8 Å². The molecule has 3 aromatic heterocycles. The fraction of sp³-hybridized carbons (Fsp3) is 0.143. The Morgan fingerprint density at radius 2 is 1.95 bits per heavy atom. The third kappa shape index (κ3) is 2.09. The van der Waals surface area contributed by atoms with Crippen LogP contribution in [0.5, 0.6) is 0 Å². The number of pyridine rings is 2. The Hall–Kier alpha value is -1.91. The first-order chi connectivity index (χ1) is 9.16. The maximum absolute atomic E-state index is 6.35. The van der Waals surface area contributed by atoms with E-state index in [-0.39, 0.29) is 6.04 Å². The van der Waals surface area contributed by atoms with Gasteiger partial charge in [0.2, 0.25) is 0 Å². The van der Waals surface area contributed by atoms with Crippen molar-refractivity contribution in [2.45, 2.75) is 13.0 Å². The third-order valence-corrected chi connectivity index (χ3v) is 3.39. The summed E-state index contributed by atoms with van der Waals surface area (Å²) < 4.78 is 1.95. The molecule has 3 aromatic rings. The van der Waals surface area contributed by atoms with E-state index < -0.39 is 0 Å². The van der Waals surface area contributed by atoms with Crippen molar-refractivity contribution in [2.75, 3.05) is 0 Å². The molecule has 0 aliphatic rings. The average molecular weight is 273 g/mol. The lowest BCUT2D eigenvalue weighted by molar-refractivity contribution is 0.803. The lowest BCUT2D eigenvalue weighted by Crippen LogP contribution is -2.15. The largest absolute Gasteiger partial charge is 0.319 e. The molecule has 1 unspecified atom stereocenters. The number of fused-ring (bicyclic) bond motifs is 1. The lowest BCUT2D eigenvalue weighted by Gasteiger charge is -2.13. The van der Waals surface area contributed by atoms with Gasteiger partial charge in [-0.1, -0.05) is 11.6 Å². The molecular weight excluding hydrogens is 260 g/mol. The van der Waals surface area contributed by atoms with E-state index in [1.165, 1.54) is 0 Å². The van der Waals surface area contributed by atoms with E-state index >= 15 is 0 Å². The van der Waals surface area contributed by atoms with Crippen LogP contribution in [-0.2, 0) is 0 Å². The number of aryl methyl sites for hydroxylation is 1. The van der Waals surface area contributed by atoms with Gasteiger partial charge in [-0.05, 0) is 36.8 Å². The van der Waals surface area contributed by atoms with Crippen LogP contribution in [0.25, 0.3) is 5.65 Å². The van der Waals surface area contributed by atoms with Crippen molar-refractivity contribution >= 4 is 17.2 Å². The van der Waals surface area contributed by atoms with Gasteiger partial charge in [-0.15, -0.1) is 0 Å². The van der Waals surface area contributed by atoms with Crippen LogP contribution >= 0.6 is 11.6 Å². The van der Waals surface area contributed by atoms with E-state index in [4.69, 9.17) is 17.3 Å². The summed E-state index contributed by atoms with van der Waals surface area (Å²) in [6, 6.07) is 7.28. The molecule has 3 rings (SSSR count). The SMILES string of the molecule is Cc1nc2ccc(Cl)cn2c1C(N)c1ccncc1. The zero-order chi connectivity index (χ0) is 13.4. The topological polar surface area (TPSA) is 56.2 Å². The second-order valence-electron chi connectivity index (χ2n) is 4.42. The molecule has 0 amide bonds. The van der Waals surface area contributed by atoms with Gasteiger partial charge in [0.15, 0.2) is 0 Å². The molecule has 0 aliphatic heterocycles. The van der Waals surface area contributed by atoms with Gasteiger partial charge in [-0.25, -0.2) is 4.98 Å². The molecule has 0 spiro atoms. The monoisotopic (exact) mass is 272 g/mol. The highest BCUT2D eigenvalue weighted by Gasteiger charge is 2.17. The van der Waals surface area contributed by atoms with Gasteiger partial charge in [-0.2, -0.15) is 0 Å². The number of hydrogen-bond donors (Lipinski definition) is 1. The Morgan fingerprint density at radius 3 is 2.68 bits per heavy atom. The van der Waals surface area contributed by atoms with E-state index in [0.717, 1.165) is 22.6 Å². The molecule has 0 aromatic carbocycles. The quantitative estimate of drug-likeness (QED) is 0.780. The molecule has 3 heterocycles. The van der Waals surface area contributed by atoms with Crippen molar-refractivity contribution in [3.8, 4) is 0 Å². The molecule has 0 bridgehead atoms. The Kier molecular flexibility index (Phi) is 2.97. The van der Waals surface area contributed by atoms with E-state index in [1.54, 1.807) is 12.4 Å². The minimum Gasteiger partial charge on any atom is -0.319 e. The highest BCUT2D eigenvalue weighted by atomic mass is 35.5. The zero-order valence-electron chi connectivity index (χ0n) is 10.4. The maximum Gasteiger partial charge on any atom is 0.137 e. The summed E-state index contributed by atoms with van der Waals surface area (Å²) >= 11 is 6.05. The maximum atomic E-state index is 6.35. The zero-order valence-corrected chi connectivity index (χ0v) is 11.2. The molecule has 5 heteroatoms. The Morgan fingerprint density at radius 1 is 1.21 bits per heavy atom. The van der Waals surface area contributed by atoms with Crippen molar-refractivity contribution in [3.63, 3.8) is 0 Å². The normalized spacial score (nSPS) is 12.8. The van der Waals surface area contributed by atoms with Crippen LogP contribution in [0.15, 0.2) is 42.9 Å². The molecule has 1 atom stereocenters. The van der Waals surface area contributed by atoms with Gasteiger partial charge in [-0.3, -0.25) is 4.98 Å². The van der Waals surface area contributed by atoms with E-state index in [0.29, 0.717) is 5.02 Å². The number of nitrogens with two attached hydrogens (primary N) is 1. The molecule has 0 saturated heterocycles. The second-order valence-corrected chi connectivity index (χ2v) is 4.85. The van der Waals surface area contributed by atoms with Gasteiger partial charge in [0.25, 0.3) is 0 Å². The van der Waals surface area contributed by atoms with Crippen LogP contribution in [0.2, 0.25) is 5.02 Å².